The molecule has 0 saturated carbocycles. The Bertz CT molecular complexity index is 313. The topological polar surface area (TPSA) is 9.23 Å². The van der Waals surface area contributed by atoms with Gasteiger partial charge < -0.3 is 4.74 Å². The number of fused-ring (bicyclic) bond motifs is 1. The molecule has 1 aromatic rings. The number of hydrogen-bond donors (Lipinski definition) is 0. The molecule has 0 unspecified atom stereocenters. The maximum atomic E-state index is 5.67. The molecule has 78 valence electrons. The van der Waals surface area contributed by atoms with E-state index in [9.17, 15) is 0 Å². The molecule has 1 nitrogen and oxygen atoms in total. The first kappa shape index (κ1) is 11.3. The van der Waals surface area contributed by atoms with E-state index in [1.165, 1.54) is 16.7 Å². The molecule has 0 saturated heterocycles. The number of aryl methyl sites for hydroxylation is 1. The molecule has 2 rings (SSSR count). The Morgan fingerprint density at radius 2 is 1.86 bits per heavy atom. The second kappa shape index (κ2) is 4.14. The first-order valence-electron chi connectivity index (χ1n) is 5.33. The molecule has 0 aromatic heterocycles. The molecule has 1 aliphatic heterocycles. The van der Waals surface area contributed by atoms with Gasteiger partial charge in [-0.25, -0.2) is 0 Å². The van der Waals surface area contributed by atoms with Crippen molar-refractivity contribution in [2.75, 3.05) is 0 Å². The lowest BCUT2D eigenvalue weighted by Gasteiger charge is -2.18. The van der Waals surface area contributed by atoms with Gasteiger partial charge in [-0.15, -0.1) is 0 Å². The van der Waals surface area contributed by atoms with Crippen molar-refractivity contribution in [2.24, 2.45) is 0 Å². The van der Waals surface area contributed by atoms with E-state index in [0.717, 1.165) is 6.61 Å². The molecular formula is C13H20O. The lowest BCUT2D eigenvalue weighted by molar-refractivity contribution is -0.00791. The van der Waals surface area contributed by atoms with E-state index in [1.54, 1.807) is 0 Å². The highest BCUT2D eigenvalue weighted by Gasteiger charge is 2.30. The molecule has 1 aliphatic rings. The average Bonchev–Trinajstić information content (AvgIpc) is 2.46. The van der Waals surface area contributed by atoms with E-state index in [4.69, 9.17) is 4.74 Å². The van der Waals surface area contributed by atoms with Gasteiger partial charge in [0.15, 0.2) is 0 Å². The molecular weight excluding hydrogens is 172 g/mol. The van der Waals surface area contributed by atoms with Gasteiger partial charge >= 0.3 is 0 Å². The molecule has 0 aliphatic carbocycles. The Balaban J connectivity index is 0.000000461. The Kier molecular flexibility index (Phi) is 3.33. The minimum Gasteiger partial charge on any atom is -0.366 e. The predicted octanol–water partition coefficient (Wildman–Crippen LogP) is 3.79. The van der Waals surface area contributed by atoms with Crippen LogP contribution in [0.1, 0.15) is 44.4 Å². The zero-order valence-electron chi connectivity index (χ0n) is 9.85. The van der Waals surface area contributed by atoms with Crippen molar-refractivity contribution in [2.45, 2.75) is 46.8 Å². The average molecular weight is 192 g/mol. The van der Waals surface area contributed by atoms with Gasteiger partial charge in [0.25, 0.3) is 0 Å². The molecule has 1 aromatic carbocycles. The first-order chi connectivity index (χ1) is 6.59. The number of benzene rings is 1. The van der Waals surface area contributed by atoms with Crippen LogP contribution < -0.4 is 0 Å². The van der Waals surface area contributed by atoms with Gasteiger partial charge in [0.2, 0.25) is 0 Å². The van der Waals surface area contributed by atoms with Crippen molar-refractivity contribution in [3.63, 3.8) is 0 Å². The predicted molar refractivity (Wildman–Crippen MR) is 60.3 cm³/mol. The van der Waals surface area contributed by atoms with Crippen molar-refractivity contribution >= 4 is 0 Å². The summed E-state index contributed by atoms with van der Waals surface area (Å²) < 4.78 is 5.67. The highest BCUT2D eigenvalue weighted by Crippen LogP contribution is 2.35. The van der Waals surface area contributed by atoms with Crippen molar-refractivity contribution in [1.29, 1.82) is 0 Å². The van der Waals surface area contributed by atoms with Gasteiger partial charge in [0.1, 0.15) is 0 Å². The van der Waals surface area contributed by atoms with Crippen molar-refractivity contribution in [1.82, 2.24) is 0 Å². The monoisotopic (exact) mass is 192 g/mol. The van der Waals surface area contributed by atoms with Crippen molar-refractivity contribution in [3.8, 4) is 0 Å². The normalized spacial score (nSPS) is 16.9. The zero-order chi connectivity index (χ0) is 10.8. The molecule has 0 amide bonds. The van der Waals surface area contributed by atoms with E-state index >= 15 is 0 Å². The Morgan fingerprint density at radius 3 is 2.50 bits per heavy atom. The standard InChI is InChI=1S/C11H14O.C2H6/c1-8-4-5-9-7-12-11(2,3)10(9)6-8;1-2/h4-6H,7H2,1-3H3;1-2H3. The number of hydrogen-bond acceptors (Lipinski definition) is 1. The van der Waals surface area contributed by atoms with Crippen molar-refractivity contribution in [3.05, 3.63) is 34.9 Å². The summed E-state index contributed by atoms with van der Waals surface area (Å²) in [4.78, 5) is 0. The fraction of sp³-hybridized carbons (Fsp3) is 0.538. The molecule has 0 N–H and O–H groups in total. The maximum absolute atomic E-state index is 5.67. The van der Waals surface area contributed by atoms with Crippen LogP contribution in [0.4, 0.5) is 0 Å². The van der Waals surface area contributed by atoms with E-state index in [-0.39, 0.29) is 5.60 Å². The van der Waals surface area contributed by atoms with Gasteiger partial charge in [-0.2, -0.15) is 0 Å². The third kappa shape index (κ3) is 1.98. The molecule has 0 fully saturated rings. The smallest absolute Gasteiger partial charge is 0.0883 e. The third-order valence-electron chi connectivity index (χ3n) is 2.50. The largest absolute Gasteiger partial charge is 0.366 e. The van der Waals surface area contributed by atoms with Gasteiger partial charge in [-0.05, 0) is 31.9 Å². The summed E-state index contributed by atoms with van der Waals surface area (Å²) in [5, 5.41) is 0. The van der Waals surface area contributed by atoms with Crippen LogP contribution in [0.2, 0.25) is 0 Å². The lowest BCUT2D eigenvalue weighted by atomic mass is 9.95. The molecule has 0 atom stereocenters. The summed E-state index contributed by atoms with van der Waals surface area (Å²) in [7, 11) is 0. The van der Waals surface area contributed by atoms with E-state index in [2.05, 4.69) is 39.0 Å². The fourth-order valence-electron chi connectivity index (χ4n) is 1.71. The van der Waals surface area contributed by atoms with E-state index < -0.39 is 0 Å². The Hall–Kier alpha value is -0.820. The van der Waals surface area contributed by atoms with Crippen LogP contribution in [-0.2, 0) is 16.9 Å². The van der Waals surface area contributed by atoms with Crippen LogP contribution in [0.15, 0.2) is 18.2 Å². The van der Waals surface area contributed by atoms with Crippen LogP contribution >= 0.6 is 0 Å². The quantitative estimate of drug-likeness (QED) is 0.607. The van der Waals surface area contributed by atoms with Gasteiger partial charge in [-0.1, -0.05) is 37.6 Å². The molecule has 0 spiro atoms. The number of ether oxygens (including phenoxy) is 1. The maximum Gasteiger partial charge on any atom is 0.0883 e. The summed E-state index contributed by atoms with van der Waals surface area (Å²) >= 11 is 0. The second-order valence-electron chi connectivity index (χ2n) is 3.96. The lowest BCUT2D eigenvalue weighted by Crippen LogP contribution is -2.14. The first-order valence-corrected chi connectivity index (χ1v) is 5.33. The SMILES string of the molecule is CC.Cc1ccc2c(c1)C(C)(C)OC2. The summed E-state index contributed by atoms with van der Waals surface area (Å²) in [6.07, 6.45) is 0. The fourth-order valence-corrected chi connectivity index (χ4v) is 1.71. The van der Waals surface area contributed by atoms with Gasteiger partial charge in [0, 0.05) is 0 Å². The highest BCUT2D eigenvalue weighted by atomic mass is 16.5. The van der Waals surface area contributed by atoms with Crippen LogP contribution in [-0.4, -0.2) is 0 Å². The third-order valence-corrected chi connectivity index (χ3v) is 2.50. The molecule has 0 radical (unpaired) electrons. The Morgan fingerprint density at radius 1 is 1.21 bits per heavy atom. The van der Waals surface area contributed by atoms with Gasteiger partial charge in [0.05, 0.1) is 12.2 Å². The summed E-state index contributed by atoms with van der Waals surface area (Å²) in [5.41, 5.74) is 3.92. The van der Waals surface area contributed by atoms with E-state index in [0.29, 0.717) is 0 Å². The minimum absolute atomic E-state index is 0.0820. The molecule has 1 heterocycles. The van der Waals surface area contributed by atoms with Crippen LogP contribution in [0.5, 0.6) is 0 Å². The minimum atomic E-state index is -0.0820. The molecule has 0 bridgehead atoms. The molecule has 14 heavy (non-hydrogen) atoms. The van der Waals surface area contributed by atoms with Crippen LogP contribution in [0, 0.1) is 6.92 Å². The Labute approximate surface area is 87.1 Å². The highest BCUT2D eigenvalue weighted by molar-refractivity contribution is 5.37. The van der Waals surface area contributed by atoms with Crippen molar-refractivity contribution < 1.29 is 4.74 Å². The summed E-state index contributed by atoms with van der Waals surface area (Å²) in [6, 6.07) is 6.53. The van der Waals surface area contributed by atoms with Crippen LogP contribution in [0.25, 0.3) is 0 Å². The summed E-state index contributed by atoms with van der Waals surface area (Å²) in [6.45, 7) is 11.1. The van der Waals surface area contributed by atoms with Crippen LogP contribution in [0.3, 0.4) is 0 Å². The zero-order valence-corrected chi connectivity index (χ0v) is 9.85. The summed E-state index contributed by atoms with van der Waals surface area (Å²) in [5.74, 6) is 0. The molecule has 1 heteroatoms. The number of rotatable bonds is 0. The second-order valence-corrected chi connectivity index (χ2v) is 3.96. The van der Waals surface area contributed by atoms with E-state index in [1.807, 2.05) is 13.8 Å². The van der Waals surface area contributed by atoms with Gasteiger partial charge in [-0.3, -0.25) is 0 Å².